The van der Waals surface area contributed by atoms with E-state index in [1.165, 1.54) is 0 Å². The first kappa shape index (κ1) is 18.0. The van der Waals surface area contributed by atoms with Crippen molar-refractivity contribution in [2.75, 3.05) is 59.3 Å². The summed E-state index contributed by atoms with van der Waals surface area (Å²) in [5, 5.41) is 0. The number of benzene rings is 1. The summed E-state index contributed by atoms with van der Waals surface area (Å²) in [5.41, 5.74) is 0. The van der Waals surface area contributed by atoms with Gasteiger partial charge in [0.2, 0.25) is 0 Å². The second-order valence-corrected chi connectivity index (χ2v) is 5.59. The van der Waals surface area contributed by atoms with Crippen molar-refractivity contribution < 1.29 is 18.9 Å². The number of nitrogens with zero attached hydrogens (tertiary/aromatic N) is 1. The summed E-state index contributed by atoms with van der Waals surface area (Å²) in [4.78, 5) is 2.36. The molecular formula is C18H29NO4. The van der Waals surface area contributed by atoms with Gasteiger partial charge in [0.25, 0.3) is 0 Å². The largest absolute Gasteiger partial charge is 0.493 e. The smallest absolute Gasteiger partial charge is 0.123 e. The zero-order valence-corrected chi connectivity index (χ0v) is 14.2. The Kier molecular flexibility index (Phi) is 8.84. The Morgan fingerprint density at radius 1 is 1.00 bits per heavy atom. The maximum Gasteiger partial charge on any atom is 0.123 e. The molecule has 5 nitrogen and oxygen atoms in total. The molecule has 0 spiro atoms. The second kappa shape index (κ2) is 11.3. The van der Waals surface area contributed by atoms with Crippen LogP contribution in [0.25, 0.3) is 0 Å². The summed E-state index contributed by atoms with van der Waals surface area (Å²) in [6.45, 7) is 9.45. The molecule has 1 aromatic rings. The van der Waals surface area contributed by atoms with Gasteiger partial charge in [-0.15, -0.1) is 0 Å². The Hall–Kier alpha value is -1.30. The summed E-state index contributed by atoms with van der Waals surface area (Å²) in [6.07, 6.45) is 2.21. The Morgan fingerprint density at radius 3 is 2.48 bits per heavy atom. The number of hydrogen-bond donors (Lipinski definition) is 0. The molecule has 0 saturated carbocycles. The second-order valence-electron chi connectivity index (χ2n) is 5.59. The van der Waals surface area contributed by atoms with Crippen LogP contribution in [0.5, 0.6) is 11.5 Å². The van der Waals surface area contributed by atoms with Gasteiger partial charge in [-0.25, -0.2) is 0 Å². The lowest BCUT2D eigenvalue weighted by atomic mass is 10.3. The van der Waals surface area contributed by atoms with Gasteiger partial charge in [-0.05, 0) is 18.6 Å². The Morgan fingerprint density at radius 2 is 1.74 bits per heavy atom. The predicted molar refractivity (Wildman–Crippen MR) is 90.4 cm³/mol. The van der Waals surface area contributed by atoms with Crippen molar-refractivity contribution in [1.29, 1.82) is 0 Å². The molecule has 0 aliphatic carbocycles. The van der Waals surface area contributed by atoms with E-state index in [4.69, 9.17) is 18.9 Å². The molecule has 1 aliphatic heterocycles. The Bertz CT molecular complexity index is 421. The van der Waals surface area contributed by atoms with E-state index in [0.29, 0.717) is 13.2 Å². The average Bonchev–Trinajstić information content (AvgIpc) is 2.59. The van der Waals surface area contributed by atoms with E-state index < -0.39 is 0 Å². The normalized spacial score (nSPS) is 15.5. The summed E-state index contributed by atoms with van der Waals surface area (Å²) < 4.78 is 22.3. The SMILES string of the molecule is CCCCOc1cccc(OCCOCCN2CCOCC2)c1. The molecule has 5 heteroatoms. The van der Waals surface area contributed by atoms with Crippen LogP contribution in [-0.2, 0) is 9.47 Å². The van der Waals surface area contributed by atoms with Gasteiger partial charge < -0.3 is 18.9 Å². The van der Waals surface area contributed by atoms with E-state index in [2.05, 4.69) is 11.8 Å². The fourth-order valence-electron chi connectivity index (χ4n) is 2.33. The van der Waals surface area contributed by atoms with Gasteiger partial charge in [0.1, 0.15) is 18.1 Å². The zero-order valence-electron chi connectivity index (χ0n) is 14.2. The molecule has 0 aromatic heterocycles. The van der Waals surface area contributed by atoms with Crippen LogP contribution >= 0.6 is 0 Å². The van der Waals surface area contributed by atoms with E-state index in [1.807, 2.05) is 24.3 Å². The minimum absolute atomic E-state index is 0.557. The van der Waals surface area contributed by atoms with Crippen molar-refractivity contribution in [3.05, 3.63) is 24.3 Å². The van der Waals surface area contributed by atoms with Gasteiger partial charge in [0, 0.05) is 25.7 Å². The number of morpholine rings is 1. The topological polar surface area (TPSA) is 40.2 Å². The molecule has 2 rings (SSSR count). The highest BCUT2D eigenvalue weighted by molar-refractivity contribution is 5.32. The predicted octanol–water partition coefficient (Wildman–Crippen LogP) is 2.59. The molecular weight excluding hydrogens is 294 g/mol. The van der Waals surface area contributed by atoms with Crippen molar-refractivity contribution in [1.82, 2.24) is 4.90 Å². The number of ether oxygens (including phenoxy) is 4. The minimum atomic E-state index is 0.557. The van der Waals surface area contributed by atoms with E-state index >= 15 is 0 Å². The molecule has 0 radical (unpaired) electrons. The maximum atomic E-state index is 5.71. The average molecular weight is 323 g/mol. The highest BCUT2D eigenvalue weighted by Gasteiger charge is 2.09. The van der Waals surface area contributed by atoms with Gasteiger partial charge in [0.15, 0.2) is 0 Å². The van der Waals surface area contributed by atoms with Crippen LogP contribution in [0, 0.1) is 0 Å². The van der Waals surface area contributed by atoms with Crippen LogP contribution in [0.4, 0.5) is 0 Å². The van der Waals surface area contributed by atoms with E-state index in [-0.39, 0.29) is 0 Å². The van der Waals surface area contributed by atoms with Gasteiger partial charge in [-0.3, -0.25) is 4.90 Å². The van der Waals surface area contributed by atoms with Gasteiger partial charge in [-0.1, -0.05) is 19.4 Å². The van der Waals surface area contributed by atoms with Crippen molar-refractivity contribution in [2.45, 2.75) is 19.8 Å². The first-order valence-electron chi connectivity index (χ1n) is 8.62. The van der Waals surface area contributed by atoms with Gasteiger partial charge >= 0.3 is 0 Å². The third-order valence-corrected chi connectivity index (χ3v) is 3.72. The molecule has 130 valence electrons. The summed E-state index contributed by atoms with van der Waals surface area (Å²) in [6, 6.07) is 7.79. The van der Waals surface area contributed by atoms with Crippen LogP contribution in [0.2, 0.25) is 0 Å². The molecule has 1 saturated heterocycles. The third kappa shape index (κ3) is 7.68. The lowest BCUT2D eigenvalue weighted by Gasteiger charge is -2.26. The number of hydrogen-bond acceptors (Lipinski definition) is 5. The van der Waals surface area contributed by atoms with Gasteiger partial charge in [-0.2, -0.15) is 0 Å². The van der Waals surface area contributed by atoms with Crippen LogP contribution in [0.1, 0.15) is 19.8 Å². The molecule has 1 fully saturated rings. The molecule has 23 heavy (non-hydrogen) atoms. The highest BCUT2D eigenvalue weighted by atomic mass is 16.5. The third-order valence-electron chi connectivity index (χ3n) is 3.72. The first-order valence-corrected chi connectivity index (χ1v) is 8.62. The number of unbranched alkanes of at least 4 members (excludes halogenated alkanes) is 1. The molecule has 0 amide bonds. The fourth-order valence-corrected chi connectivity index (χ4v) is 2.33. The molecule has 0 unspecified atom stereocenters. The first-order chi connectivity index (χ1) is 11.4. The molecule has 0 N–H and O–H groups in total. The van der Waals surface area contributed by atoms with Gasteiger partial charge in [0.05, 0.1) is 33.0 Å². The molecule has 1 aromatic carbocycles. The quantitative estimate of drug-likeness (QED) is 0.585. The molecule has 1 aliphatic rings. The Labute approximate surface area is 139 Å². The van der Waals surface area contributed by atoms with E-state index in [1.54, 1.807) is 0 Å². The fraction of sp³-hybridized carbons (Fsp3) is 0.667. The lowest BCUT2D eigenvalue weighted by molar-refractivity contribution is 0.0170. The highest BCUT2D eigenvalue weighted by Crippen LogP contribution is 2.19. The van der Waals surface area contributed by atoms with Crippen LogP contribution < -0.4 is 9.47 Å². The summed E-state index contributed by atoms with van der Waals surface area (Å²) in [5.74, 6) is 1.69. The summed E-state index contributed by atoms with van der Waals surface area (Å²) >= 11 is 0. The molecule has 0 bridgehead atoms. The maximum absolute atomic E-state index is 5.71. The Balaban J connectivity index is 1.54. The zero-order chi connectivity index (χ0) is 16.2. The number of rotatable bonds is 11. The standard InChI is InChI=1S/C18H29NO4/c1-2-3-10-22-17-5-4-6-18(16-17)23-15-14-21-13-9-19-7-11-20-12-8-19/h4-6,16H,2-3,7-15H2,1H3. The van der Waals surface area contributed by atoms with Crippen molar-refractivity contribution in [2.24, 2.45) is 0 Å². The monoisotopic (exact) mass is 323 g/mol. The van der Waals surface area contributed by atoms with Crippen molar-refractivity contribution in [3.63, 3.8) is 0 Å². The van der Waals surface area contributed by atoms with Crippen LogP contribution in [0.3, 0.4) is 0 Å². The van der Waals surface area contributed by atoms with Crippen LogP contribution in [0.15, 0.2) is 24.3 Å². The molecule has 0 atom stereocenters. The van der Waals surface area contributed by atoms with Crippen molar-refractivity contribution >= 4 is 0 Å². The summed E-state index contributed by atoms with van der Waals surface area (Å²) in [7, 11) is 0. The van der Waals surface area contributed by atoms with Crippen molar-refractivity contribution in [3.8, 4) is 11.5 Å². The van der Waals surface area contributed by atoms with E-state index in [0.717, 1.165) is 70.4 Å². The molecule has 1 heterocycles. The lowest BCUT2D eigenvalue weighted by Crippen LogP contribution is -2.38. The minimum Gasteiger partial charge on any atom is -0.493 e. The van der Waals surface area contributed by atoms with Crippen LogP contribution in [-0.4, -0.2) is 64.2 Å². The van der Waals surface area contributed by atoms with E-state index in [9.17, 15) is 0 Å².